The molecule has 2 rings (SSSR count). The second-order valence-corrected chi connectivity index (χ2v) is 4.51. The van der Waals surface area contributed by atoms with Crippen LogP contribution in [-0.2, 0) is 0 Å². The number of nitriles is 1. The maximum Gasteiger partial charge on any atom is 0.148 e. The molecule has 1 aromatic heterocycles. The fraction of sp³-hybridized carbons (Fsp3) is 0.133. The topological polar surface area (TPSA) is 61.7 Å². The van der Waals surface area contributed by atoms with E-state index in [9.17, 15) is 0 Å². The van der Waals surface area contributed by atoms with E-state index in [4.69, 9.17) is 22.2 Å². The van der Waals surface area contributed by atoms with Gasteiger partial charge in [-0.05, 0) is 31.2 Å². The fourth-order valence-corrected chi connectivity index (χ4v) is 2.01. The molecule has 1 aromatic carbocycles. The molecule has 5 heteroatoms. The molecule has 0 saturated carbocycles. The number of hydrogen-bond acceptors (Lipinski definition) is 4. The molecular weight excluding hydrogens is 270 g/mol. The first-order valence-corrected chi connectivity index (χ1v) is 6.41. The van der Waals surface area contributed by atoms with Gasteiger partial charge in [0.1, 0.15) is 34.5 Å². The highest BCUT2D eigenvalue weighted by atomic mass is 32.1. The zero-order valence-electron chi connectivity index (χ0n) is 11.0. The second-order valence-electron chi connectivity index (χ2n) is 4.13. The van der Waals surface area contributed by atoms with Crippen molar-refractivity contribution in [2.75, 3.05) is 6.61 Å². The molecule has 0 fully saturated rings. The maximum absolute atomic E-state index is 8.98. The van der Waals surface area contributed by atoms with Crippen LogP contribution in [0.15, 0.2) is 36.9 Å². The van der Waals surface area contributed by atoms with Crippen LogP contribution in [0.3, 0.4) is 0 Å². The minimum Gasteiger partial charge on any atom is -0.490 e. The van der Waals surface area contributed by atoms with Gasteiger partial charge < -0.3 is 9.72 Å². The lowest BCUT2D eigenvalue weighted by atomic mass is 10.2. The maximum atomic E-state index is 8.98. The molecule has 1 heterocycles. The molecule has 0 amide bonds. The highest BCUT2D eigenvalue weighted by Gasteiger charge is 2.06. The Labute approximate surface area is 122 Å². The van der Waals surface area contributed by atoms with Crippen LogP contribution in [0.2, 0.25) is 0 Å². The number of hydrogen-bond donors (Lipinski definition) is 1. The van der Waals surface area contributed by atoms with Gasteiger partial charge in [-0.1, -0.05) is 24.9 Å². The SMILES string of the molecule is C=CCOc1ccc(-c2nc(=S)c(C#N)c(C)[nH]2)cc1. The lowest BCUT2D eigenvalue weighted by Gasteiger charge is -2.06. The molecular formula is C15H13N3OS. The van der Waals surface area contributed by atoms with Crippen molar-refractivity contribution in [3.8, 4) is 23.2 Å². The Bertz CT molecular complexity index is 726. The van der Waals surface area contributed by atoms with Crippen LogP contribution in [0.25, 0.3) is 11.4 Å². The average Bonchev–Trinajstić information content (AvgIpc) is 2.45. The molecule has 2 aromatic rings. The number of aromatic nitrogens is 2. The van der Waals surface area contributed by atoms with Crippen LogP contribution < -0.4 is 4.74 Å². The molecule has 4 nitrogen and oxygen atoms in total. The molecule has 0 unspecified atom stereocenters. The summed E-state index contributed by atoms with van der Waals surface area (Å²) >= 11 is 5.12. The van der Waals surface area contributed by atoms with Crippen LogP contribution in [0, 0.1) is 22.9 Å². The number of nitrogens with zero attached hydrogens (tertiary/aromatic N) is 2. The largest absolute Gasteiger partial charge is 0.490 e. The number of aromatic amines is 1. The Morgan fingerprint density at radius 2 is 2.15 bits per heavy atom. The third kappa shape index (κ3) is 2.92. The summed E-state index contributed by atoms with van der Waals surface area (Å²) in [5.74, 6) is 1.40. The van der Waals surface area contributed by atoms with Crippen LogP contribution in [0.4, 0.5) is 0 Å². The number of aryl methyl sites for hydroxylation is 1. The van der Waals surface area contributed by atoms with Gasteiger partial charge in [0.2, 0.25) is 0 Å². The quantitative estimate of drug-likeness (QED) is 0.688. The summed E-state index contributed by atoms with van der Waals surface area (Å²) in [6.07, 6.45) is 1.69. The predicted octanol–water partition coefficient (Wildman–Crippen LogP) is 3.55. The van der Waals surface area contributed by atoms with Gasteiger partial charge in [0.25, 0.3) is 0 Å². The average molecular weight is 283 g/mol. The first-order valence-electron chi connectivity index (χ1n) is 6.01. The van der Waals surface area contributed by atoms with Crippen LogP contribution >= 0.6 is 12.2 Å². The minimum atomic E-state index is 0.311. The fourth-order valence-electron chi connectivity index (χ4n) is 1.72. The lowest BCUT2D eigenvalue weighted by Crippen LogP contribution is -1.97. The van der Waals surface area contributed by atoms with E-state index in [1.54, 1.807) is 13.0 Å². The summed E-state index contributed by atoms with van der Waals surface area (Å²) in [6.45, 7) is 5.87. The minimum absolute atomic E-state index is 0.311. The van der Waals surface area contributed by atoms with E-state index in [1.165, 1.54) is 0 Å². The summed E-state index contributed by atoms with van der Waals surface area (Å²) in [7, 11) is 0. The highest BCUT2D eigenvalue weighted by Crippen LogP contribution is 2.20. The van der Waals surface area contributed by atoms with E-state index in [-0.39, 0.29) is 0 Å². The van der Waals surface area contributed by atoms with Gasteiger partial charge in [0, 0.05) is 11.3 Å². The van der Waals surface area contributed by atoms with E-state index < -0.39 is 0 Å². The summed E-state index contributed by atoms with van der Waals surface area (Å²) in [5, 5.41) is 8.98. The van der Waals surface area contributed by atoms with Gasteiger partial charge in [0.15, 0.2) is 0 Å². The normalized spacial score (nSPS) is 9.80. The Morgan fingerprint density at radius 3 is 2.70 bits per heavy atom. The van der Waals surface area contributed by atoms with Crippen molar-refractivity contribution in [2.24, 2.45) is 0 Å². The molecule has 20 heavy (non-hydrogen) atoms. The zero-order chi connectivity index (χ0) is 14.5. The third-order valence-electron chi connectivity index (χ3n) is 2.72. The molecule has 100 valence electrons. The molecule has 0 bridgehead atoms. The Balaban J connectivity index is 2.35. The van der Waals surface area contributed by atoms with Gasteiger partial charge in [-0.2, -0.15) is 5.26 Å². The molecule has 0 aliphatic carbocycles. The number of H-pyrrole nitrogens is 1. The Morgan fingerprint density at radius 1 is 1.45 bits per heavy atom. The number of nitrogens with one attached hydrogen (secondary N) is 1. The standard InChI is InChI=1S/C15H13N3OS/c1-3-8-19-12-6-4-11(5-7-12)14-17-10(2)13(9-16)15(20)18-14/h3-7H,1,8H2,2H3,(H,17,18,20). The summed E-state index contributed by atoms with van der Waals surface area (Å²) in [5.41, 5.74) is 2.01. The molecule has 0 spiro atoms. The summed E-state index contributed by atoms with van der Waals surface area (Å²) in [6, 6.07) is 9.52. The lowest BCUT2D eigenvalue weighted by molar-refractivity contribution is 0.363. The predicted molar refractivity (Wildman–Crippen MR) is 80.0 cm³/mol. The van der Waals surface area contributed by atoms with Crippen LogP contribution in [0.1, 0.15) is 11.3 Å². The molecule has 0 aliphatic heterocycles. The van der Waals surface area contributed by atoms with E-state index >= 15 is 0 Å². The molecule has 1 N–H and O–H groups in total. The molecule has 0 aliphatic rings. The van der Waals surface area contributed by atoms with E-state index in [0.717, 1.165) is 17.0 Å². The Kier molecular flexibility index (Phi) is 4.28. The van der Waals surface area contributed by atoms with Crippen molar-refractivity contribution < 1.29 is 4.74 Å². The Hall–Kier alpha value is -2.45. The molecule has 0 radical (unpaired) electrons. The zero-order valence-corrected chi connectivity index (χ0v) is 11.8. The van der Waals surface area contributed by atoms with Crippen molar-refractivity contribution in [3.05, 3.63) is 52.8 Å². The number of benzene rings is 1. The first-order chi connectivity index (χ1) is 9.65. The van der Waals surface area contributed by atoms with Gasteiger partial charge in [0.05, 0.1) is 0 Å². The molecule has 0 atom stereocenters. The van der Waals surface area contributed by atoms with E-state index in [2.05, 4.69) is 16.5 Å². The van der Waals surface area contributed by atoms with Crippen LogP contribution in [0.5, 0.6) is 5.75 Å². The second kappa shape index (κ2) is 6.13. The van der Waals surface area contributed by atoms with Crippen molar-refractivity contribution >= 4 is 12.2 Å². The monoisotopic (exact) mass is 283 g/mol. The van der Waals surface area contributed by atoms with Crippen molar-refractivity contribution in [1.82, 2.24) is 9.97 Å². The number of rotatable bonds is 4. The highest BCUT2D eigenvalue weighted by molar-refractivity contribution is 7.71. The van der Waals surface area contributed by atoms with Gasteiger partial charge >= 0.3 is 0 Å². The van der Waals surface area contributed by atoms with E-state index in [0.29, 0.717) is 22.6 Å². The first kappa shape index (κ1) is 14.0. The van der Waals surface area contributed by atoms with Gasteiger partial charge in [-0.3, -0.25) is 0 Å². The van der Waals surface area contributed by atoms with Crippen molar-refractivity contribution in [1.29, 1.82) is 5.26 Å². The third-order valence-corrected chi connectivity index (χ3v) is 3.01. The van der Waals surface area contributed by atoms with Gasteiger partial charge in [-0.15, -0.1) is 0 Å². The summed E-state index contributed by atoms with van der Waals surface area (Å²) in [4.78, 5) is 7.34. The summed E-state index contributed by atoms with van der Waals surface area (Å²) < 4.78 is 5.73. The smallest absolute Gasteiger partial charge is 0.148 e. The van der Waals surface area contributed by atoms with Crippen LogP contribution in [-0.4, -0.2) is 16.6 Å². The van der Waals surface area contributed by atoms with Gasteiger partial charge in [-0.25, -0.2) is 4.98 Å². The van der Waals surface area contributed by atoms with Crippen molar-refractivity contribution in [3.63, 3.8) is 0 Å². The van der Waals surface area contributed by atoms with Crippen molar-refractivity contribution in [2.45, 2.75) is 6.92 Å². The molecule has 0 saturated heterocycles. The van der Waals surface area contributed by atoms with E-state index in [1.807, 2.05) is 30.3 Å². The number of ether oxygens (including phenoxy) is 1.